The molecule has 2 atom stereocenters. The fourth-order valence-electron chi connectivity index (χ4n) is 3.19. The van der Waals surface area contributed by atoms with Gasteiger partial charge in [-0.05, 0) is 30.9 Å². The van der Waals surface area contributed by atoms with Crippen LogP contribution >= 0.6 is 0 Å². The lowest BCUT2D eigenvalue weighted by Gasteiger charge is -2.43. The summed E-state index contributed by atoms with van der Waals surface area (Å²) in [6, 6.07) is 3.58. The third-order valence-electron chi connectivity index (χ3n) is 4.78. The van der Waals surface area contributed by atoms with Gasteiger partial charge in [0.15, 0.2) is 0 Å². The molecule has 1 fully saturated rings. The van der Waals surface area contributed by atoms with Crippen LogP contribution in [0.4, 0.5) is 4.79 Å². The average molecular weight is 361 g/mol. The Balaban J connectivity index is 1.96. The molecule has 1 aliphatic heterocycles. The summed E-state index contributed by atoms with van der Waals surface area (Å²) in [4.78, 5) is 32.5. The average Bonchev–Trinajstić information content (AvgIpc) is 2.61. The molecule has 1 saturated heterocycles. The lowest BCUT2D eigenvalue weighted by atomic mass is 10.0. The minimum Gasteiger partial charge on any atom is -0.343 e. The Morgan fingerprint density at radius 1 is 1.38 bits per heavy atom. The highest BCUT2D eigenvalue weighted by atomic mass is 16.2. The Morgan fingerprint density at radius 3 is 2.81 bits per heavy atom. The summed E-state index contributed by atoms with van der Waals surface area (Å²) in [7, 11) is 1.82. The predicted octanol–water partition coefficient (Wildman–Crippen LogP) is 1.46. The maximum Gasteiger partial charge on any atom is 0.314 e. The van der Waals surface area contributed by atoms with Gasteiger partial charge in [0.25, 0.3) is 0 Å². The van der Waals surface area contributed by atoms with Crippen molar-refractivity contribution in [3.05, 3.63) is 30.1 Å². The van der Waals surface area contributed by atoms with Crippen LogP contribution < -0.4 is 10.6 Å². The Labute approximate surface area is 156 Å². The third kappa shape index (κ3) is 5.69. The number of urea groups is 1. The Morgan fingerprint density at radius 2 is 2.15 bits per heavy atom. The van der Waals surface area contributed by atoms with E-state index in [1.165, 1.54) is 0 Å². The predicted molar refractivity (Wildman–Crippen MR) is 102 cm³/mol. The molecule has 0 spiro atoms. The van der Waals surface area contributed by atoms with Crippen molar-refractivity contribution in [3.63, 3.8) is 0 Å². The number of hydrogen-bond donors (Lipinski definition) is 2. The zero-order valence-electron chi connectivity index (χ0n) is 16.2. The van der Waals surface area contributed by atoms with Gasteiger partial charge in [0.1, 0.15) is 0 Å². The fourth-order valence-corrected chi connectivity index (χ4v) is 3.19. The van der Waals surface area contributed by atoms with Crippen LogP contribution in [0.15, 0.2) is 24.5 Å². The molecule has 1 aromatic heterocycles. The van der Waals surface area contributed by atoms with Crippen molar-refractivity contribution in [2.45, 2.75) is 45.8 Å². The summed E-state index contributed by atoms with van der Waals surface area (Å²) in [5.74, 6) is 0.663. The summed E-state index contributed by atoms with van der Waals surface area (Å²) in [5.41, 5.74) is 1.06. The molecule has 26 heavy (non-hydrogen) atoms. The first-order valence-corrected chi connectivity index (χ1v) is 9.29. The lowest BCUT2D eigenvalue weighted by molar-refractivity contribution is -0.142. The van der Waals surface area contributed by atoms with Crippen molar-refractivity contribution < 1.29 is 9.59 Å². The number of rotatable bonds is 7. The monoisotopic (exact) mass is 361 g/mol. The maximum atomic E-state index is 12.4. The van der Waals surface area contributed by atoms with Crippen LogP contribution in [0.1, 0.15) is 32.8 Å². The molecule has 7 heteroatoms. The zero-order valence-corrected chi connectivity index (χ0v) is 16.2. The molecule has 0 aliphatic carbocycles. The first kappa shape index (κ1) is 20.2. The molecule has 0 unspecified atom stereocenters. The Hall–Kier alpha value is -2.15. The zero-order chi connectivity index (χ0) is 19.1. The molecule has 2 N–H and O–H groups in total. The van der Waals surface area contributed by atoms with Gasteiger partial charge in [-0.1, -0.05) is 19.9 Å². The lowest BCUT2D eigenvalue weighted by Crippen LogP contribution is -2.62. The van der Waals surface area contributed by atoms with Crippen LogP contribution in [0.3, 0.4) is 0 Å². The van der Waals surface area contributed by atoms with Crippen LogP contribution in [-0.2, 0) is 11.3 Å². The van der Waals surface area contributed by atoms with Crippen molar-refractivity contribution in [1.29, 1.82) is 0 Å². The number of carbonyl (C=O) groups excluding carboxylic acids is 2. The molecule has 3 amide bonds. The molecule has 144 valence electrons. The van der Waals surface area contributed by atoms with E-state index in [4.69, 9.17) is 0 Å². The molecule has 1 aromatic rings. The number of piperazine rings is 1. The number of nitrogens with one attached hydrogen (secondary N) is 2. The van der Waals surface area contributed by atoms with Gasteiger partial charge < -0.3 is 15.5 Å². The molecule has 0 radical (unpaired) electrons. The summed E-state index contributed by atoms with van der Waals surface area (Å²) in [6.07, 6.45) is 4.51. The molecule has 0 aromatic carbocycles. The molecular formula is C19H31N5O2. The highest BCUT2D eigenvalue weighted by Gasteiger charge is 2.36. The fraction of sp³-hybridized carbons (Fsp3) is 0.632. The molecular weight excluding hydrogens is 330 g/mol. The van der Waals surface area contributed by atoms with E-state index in [-0.39, 0.29) is 24.0 Å². The van der Waals surface area contributed by atoms with E-state index in [1.54, 1.807) is 11.1 Å². The van der Waals surface area contributed by atoms with Crippen LogP contribution in [0.5, 0.6) is 0 Å². The highest BCUT2D eigenvalue weighted by Crippen LogP contribution is 2.19. The van der Waals surface area contributed by atoms with Crippen molar-refractivity contribution >= 4 is 11.9 Å². The number of pyridine rings is 1. The smallest absolute Gasteiger partial charge is 0.314 e. The van der Waals surface area contributed by atoms with Crippen molar-refractivity contribution in [3.8, 4) is 0 Å². The third-order valence-corrected chi connectivity index (χ3v) is 4.78. The number of aromatic nitrogens is 1. The van der Waals surface area contributed by atoms with Crippen LogP contribution in [0.25, 0.3) is 0 Å². The summed E-state index contributed by atoms with van der Waals surface area (Å²) in [5, 5.41) is 5.84. The maximum absolute atomic E-state index is 12.4. The van der Waals surface area contributed by atoms with Crippen molar-refractivity contribution in [2.24, 2.45) is 5.92 Å². The summed E-state index contributed by atoms with van der Waals surface area (Å²) in [6.45, 7) is 8.58. The standard InChI is InChI=1S/C19H31N5O2/c1-14(2)7-9-21-19(26)22-11-17-13-23(4)18(25)15(3)24(17)12-16-6-5-8-20-10-16/h5-6,8,10,14-15,17H,7,9,11-13H2,1-4H3,(H2,21,22,26)/t15-,17+/m0/s1. The molecule has 0 saturated carbocycles. The van der Waals surface area contributed by atoms with E-state index in [9.17, 15) is 9.59 Å². The van der Waals surface area contributed by atoms with Crippen molar-refractivity contribution in [1.82, 2.24) is 25.4 Å². The molecule has 2 rings (SSSR count). The topological polar surface area (TPSA) is 77.6 Å². The van der Waals surface area contributed by atoms with Gasteiger partial charge in [0, 0.05) is 51.7 Å². The number of carbonyl (C=O) groups is 2. The van der Waals surface area contributed by atoms with Crippen LogP contribution in [0, 0.1) is 5.92 Å². The first-order valence-electron chi connectivity index (χ1n) is 9.29. The second kappa shape index (κ2) is 9.52. The van der Waals surface area contributed by atoms with Gasteiger partial charge in [-0.2, -0.15) is 0 Å². The van der Waals surface area contributed by atoms with Crippen molar-refractivity contribution in [2.75, 3.05) is 26.7 Å². The van der Waals surface area contributed by atoms with Gasteiger partial charge in [-0.3, -0.25) is 14.7 Å². The molecule has 1 aliphatic rings. The van der Waals surface area contributed by atoms with Gasteiger partial charge in [0.2, 0.25) is 5.91 Å². The largest absolute Gasteiger partial charge is 0.343 e. The van der Waals surface area contributed by atoms with E-state index >= 15 is 0 Å². The molecule has 0 bridgehead atoms. The van der Waals surface area contributed by atoms with E-state index in [1.807, 2.05) is 32.3 Å². The normalized spacial score (nSPS) is 21.1. The van der Waals surface area contributed by atoms with E-state index in [0.717, 1.165) is 12.0 Å². The second-order valence-corrected chi connectivity index (χ2v) is 7.40. The molecule has 7 nitrogen and oxygen atoms in total. The van der Waals surface area contributed by atoms with Gasteiger partial charge in [0.05, 0.1) is 6.04 Å². The Bertz CT molecular complexity index is 593. The number of nitrogens with zero attached hydrogens (tertiary/aromatic N) is 3. The van der Waals surface area contributed by atoms with E-state index in [0.29, 0.717) is 32.1 Å². The number of likely N-dealkylation sites (N-methyl/N-ethyl adjacent to an activating group) is 1. The second-order valence-electron chi connectivity index (χ2n) is 7.40. The number of hydrogen-bond acceptors (Lipinski definition) is 4. The highest BCUT2D eigenvalue weighted by molar-refractivity contribution is 5.82. The van der Waals surface area contributed by atoms with Crippen LogP contribution in [-0.4, -0.2) is 65.5 Å². The van der Waals surface area contributed by atoms with Gasteiger partial charge in [-0.15, -0.1) is 0 Å². The quantitative estimate of drug-likeness (QED) is 0.771. The molecule has 2 heterocycles. The van der Waals surface area contributed by atoms with Gasteiger partial charge in [-0.25, -0.2) is 4.79 Å². The Kier molecular flexibility index (Phi) is 7.38. The van der Waals surface area contributed by atoms with Gasteiger partial charge >= 0.3 is 6.03 Å². The van der Waals surface area contributed by atoms with Crippen LogP contribution in [0.2, 0.25) is 0 Å². The first-order chi connectivity index (χ1) is 12.4. The SMILES string of the molecule is CC(C)CCNC(=O)NC[C@@H]1CN(C)C(=O)[C@H](C)N1Cc1cccnc1. The summed E-state index contributed by atoms with van der Waals surface area (Å²) >= 11 is 0. The van der Waals surface area contributed by atoms with E-state index < -0.39 is 0 Å². The summed E-state index contributed by atoms with van der Waals surface area (Å²) < 4.78 is 0. The number of amides is 3. The minimum atomic E-state index is -0.232. The van der Waals surface area contributed by atoms with E-state index in [2.05, 4.69) is 34.4 Å². The minimum absolute atomic E-state index is 0.0590.